The normalized spacial score (nSPS) is 10.8. The summed E-state index contributed by atoms with van der Waals surface area (Å²) in [7, 11) is 0. The minimum Gasteiger partial charge on any atom is -0.334 e. The van der Waals surface area contributed by atoms with E-state index < -0.39 is 11.7 Å². The van der Waals surface area contributed by atoms with Gasteiger partial charge < -0.3 is 14.4 Å². The van der Waals surface area contributed by atoms with E-state index in [0.29, 0.717) is 22.6 Å². The SMILES string of the molecule is Cc1cccc(-c2noc(-c3ccc(=O)n(CC(=O)Nc4ccc(C)c(F)c4)c3)n2)c1. The molecule has 0 atom stereocenters. The van der Waals surface area contributed by atoms with E-state index in [1.54, 1.807) is 25.1 Å². The molecule has 0 saturated carbocycles. The van der Waals surface area contributed by atoms with Crippen LogP contribution < -0.4 is 10.9 Å². The topological polar surface area (TPSA) is 90.0 Å². The Balaban J connectivity index is 1.54. The zero-order chi connectivity index (χ0) is 22.0. The van der Waals surface area contributed by atoms with Crippen molar-refractivity contribution in [3.63, 3.8) is 0 Å². The molecule has 0 aliphatic heterocycles. The van der Waals surface area contributed by atoms with Gasteiger partial charge >= 0.3 is 0 Å². The molecule has 1 amide bonds. The highest BCUT2D eigenvalue weighted by atomic mass is 19.1. The molecule has 7 nitrogen and oxygen atoms in total. The molecule has 0 saturated heterocycles. The first-order valence-corrected chi connectivity index (χ1v) is 9.57. The zero-order valence-corrected chi connectivity index (χ0v) is 16.9. The van der Waals surface area contributed by atoms with Crippen LogP contribution in [-0.2, 0) is 11.3 Å². The van der Waals surface area contributed by atoms with E-state index in [9.17, 15) is 14.0 Å². The minimum absolute atomic E-state index is 0.228. The maximum absolute atomic E-state index is 13.7. The van der Waals surface area contributed by atoms with Crippen molar-refractivity contribution in [2.24, 2.45) is 0 Å². The molecule has 0 spiro atoms. The van der Waals surface area contributed by atoms with Gasteiger partial charge in [-0.25, -0.2) is 4.39 Å². The molecule has 0 fully saturated rings. The van der Waals surface area contributed by atoms with Crippen molar-refractivity contribution in [3.8, 4) is 22.8 Å². The number of aromatic nitrogens is 3. The first kappa shape index (κ1) is 20.2. The van der Waals surface area contributed by atoms with Crippen LogP contribution >= 0.6 is 0 Å². The number of carbonyl (C=O) groups excluding carboxylic acids is 1. The fourth-order valence-corrected chi connectivity index (χ4v) is 3.05. The highest BCUT2D eigenvalue weighted by Gasteiger charge is 2.13. The lowest BCUT2D eigenvalue weighted by Crippen LogP contribution is -2.26. The molecule has 0 radical (unpaired) electrons. The van der Waals surface area contributed by atoms with Gasteiger partial charge in [0, 0.05) is 23.5 Å². The van der Waals surface area contributed by atoms with Crippen molar-refractivity contribution in [2.75, 3.05) is 5.32 Å². The summed E-state index contributed by atoms with van der Waals surface area (Å²) in [5.74, 6) is -0.229. The zero-order valence-electron chi connectivity index (χ0n) is 16.9. The number of carbonyl (C=O) groups is 1. The Labute approximate surface area is 177 Å². The molecule has 0 bridgehead atoms. The predicted octanol–water partition coefficient (Wildman–Crippen LogP) is 3.96. The van der Waals surface area contributed by atoms with Crippen LogP contribution in [0.3, 0.4) is 0 Å². The first-order valence-electron chi connectivity index (χ1n) is 9.57. The number of nitrogens with one attached hydrogen (secondary N) is 1. The fraction of sp³-hybridized carbons (Fsp3) is 0.130. The number of aryl methyl sites for hydroxylation is 2. The standard InChI is InChI=1S/C23H19FN4O3/c1-14-4-3-5-16(10-14)22-26-23(31-27-22)17-7-9-21(30)28(12-17)13-20(29)25-18-8-6-15(2)19(24)11-18/h3-12H,13H2,1-2H3,(H,25,29). The highest BCUT2D eigenvalue weighted by Crippen LogP contribution is 2.22. The smallest absolute Gasteiger partial charge is 0.259 e. The lowest BCUT2D eigenvalue weighted by molar-refractivity contribution is -0.116. The van der Waals surface area contributed by atoms with E-state index >= 15 is 0 Å². The average Bonchev–Trinajstić information content (AvgIpc) is 3.23. The molecule has 156 valence electrons. The van der Waals surface area contributed by atoms with Gasteiger partial charge in [0.25, 0.3) is 11.4 Å². The number of amides is 1. The molecule has 8 heteroatoms. The molecule has 0 unspecified atom stereocenters. The van der Waals surface area contributed by atoms with Gasteiger partial charge in [-0.15, -0.1) is 0 Å². The Morgan fingerprint density at radius 3 is 2.71 bits per heavy atom. The molecule has 2 heterocycles. The van der Waals surface area contributed by atoms with Crippen molar-refractivity contribution in [1.29, 1.82) is 0 Å². The van der Waals surface area contributed by atoms with Crippen LogP contribution in [0.4, 0.5) is 10.1 Å². The summed E-state index contributed by atoms with van der Waals surface area (Å²) in [6, 6.07) is 15.0. The number of rotatable bonds is 5. The summed E-state index contributed by atoms with van der Waals surface area (Å²) >= 11 is 0. The number of halogens is 1. The molecule has 0 aliphatic carbocycles. The molecule has 2 aromatic heterocycles. The number of benzene rings is 2. The van der Waals surface area contributed by atoms with E-state index in [1.807, 2.05) is 31.2 Å². The van der Waals surface area contributed by atoms with E-state index in [0.717, 1.165) is 11.1 Å². The molecule has 1 N–H and O–H groups in total. The van der Waals surface area contributed by atoms with Gasteiger partial charge in [0.1, 0.15) is 12.4 Å². The van der Waals surface area contributed by atoms with Gasteiger partial charge in [-0.2, -0.15) is 4.98 Å². The molecular formula is C23H19FN4O3. The molecule has 4 aromatic rings. The van der Waals surface area contributed by atoms with Gasteiger partial charge in [-0.05, 0) is 43.7 Å². The van der Waals surface area contributed by atoms with Crippen LogP contribution in [0.15, 0.2) is 70.1 Å². The van der Waals surface area contributed by atoms with Crippen molar-refractivity contribution in [3.05, 3.63) is 88.1 Å². The Morgan fingerprint density at radius 1 is 1.10 bits per heavy atom. The van der Waals surface area contributed by atoms with Crippen LogP contribution in [0.1, 0.15) is 11.1 Å². The van der Waals surface area contributed by atoms with Crippen molar-refractivity contribution < 1.29 is 13.7 Å². The van der Waals surface area contributed by atoms with Crippen molar-refractivity contribution in [2.45, 2.75) is 20.4 Å². The van der Waals surface area contributed by atoms with Crippen LogP contribution in [0.2, 0.25) is 0 Å². The largest absolute Gasteiger partial charge is 0.334 e. The molecule has 2 aromatic carbocycles. The van der Waals surface area contributed by atoms with E-state index in [1.165, 1.54) is 22.9 Å². The maximum Gasteiger partial charge on any atom is 0.259 e. The first-order chi connectivity index (χ1) is 14.9. The second-order valence-corrected chi connectivity index (χ2v) is 7.19. The third kappa shape index (κ3) is 4.58. The highest BCUT2D eigenvalue weighted by molar-refractivity contribution is 5.90. The van der Waals surface area contributed by atoms with Crippen LogP contribution in [0.5, 0.6) is 0 Å². The maximum atomic E-state index is 13.7. The van der Waals surface area contributed by atoms with Crippen LogP contribution in [0.25, 0.3) is 22.8 Å². The molecule has 0 aliphatic rings. The van der Waals surface area contributed by atoms with Crippen LogP contribution in [-0.4, -0.2) is 20.6 Å². The summed E-state index contributed by atoms with van der Waals surface area (Å²) in [5, 5.41) is 6.59. The number of hydrogen-bond donors (Lipinski definition) is 1. The van der Waals surface area contributed by atoms with Gasteiger partial charge in [-0.3, -0.25) is 9.59 Å². The molecule has 31 heavy (non-hydrogen) atoms. The third-order valence-corrected chi connectivity index (χ3v) is 4.70. The van der Waals surface area contributed by atoms with Gasteiger partial charge in [-0.1, -0.05) is 35.0 Å². The Kier molecular flexibility index (Phi) is 5.44. The second-order valence-electron chi connectivity index (χ2n) is 7.19. The minimum atomic E-state index is -0.464. The summed E-state index contributed by atoms with van der Waals surface area (Å²) in [6.45, 7) is 3.35. The summed E-state index contributed by atoms with van der Waals surface area (Å²) in [4.78, 5) is 29.0. The van der Waals surface area contributed by atoms with Crippen molar-refractivity contribution in [1.82, 2.24) is 14.7 Å². The number of nitrogens with zero attached hydrogens (tertiary/aromatic N) is 3. The second kappa shape index (κ2) is 8.35. The summed E-state index contributed by atoms with van der Waals surface area (Å²) < 4.78 is 20.3. The summed E-state index contributed by atoms with van der Waals surface area (Å²) in [6.07, 6.45) is 1.48. The lowest BCUT2D eigenvalue weighted by Gasteiger charge is -2.09. The monoisotopic (exact) mass is 418 g/mol. The Hall–Kier alpha value is -4.07. The number of anilines is 1. The summed E-state index contributed by atoms with van der Waals surface area (Å²) in [5.41, 5.74) is 2.81. The number of pyridine rings is 1. The Morgan fingerprint density at radius 2 is 1.94 bits per heavy atom. The van der Waals surface area contributed by atoms with E-state index in [-0.39, 0.29) is 18.0 Å². The Bertz CT molecular complexity index is 1330. The van der Waals surface area contributed by atoms with E-state index in [2.05, 4.69) is 15.5 Å². The van der Waals surface area contributed by atoms with Crippen LogP contribution in [0, 0.1) is 19.7 Å². The fourth-order valence-electron chi connectivity index (χ4n) is 3.05. The van der Waals surface area contributed by atoms with Gasteiger partial charge in [0.15, 0.2) is 0 Å². The molecular weight excluding hydrogens is 399 g/mol. The predicted molar refractivity (Wildman–Crippen MR) is 114 cm³/mol. The lowest BCUT2D eigenvalue weighted by atomic mass is 10.1. The quantitative estimate of drug-likeness (QED) is 0.530. The van der Waals surface area contributed by atoms with Gasteiger partial charge in [0.05, 0.1) is 5.56 Å². The average molecular weight is 418 g/mol. The molecule has 4 rings (SSSR count). The van der Waals surface area contributed by atoms with Gasteiger partial charge in [0.2, 0.25) is 11.7 Å². The number of hydrogen-bond acceptors (Lipinski definition) is 5. The van der Waals surface area contributed by atoms with Crippen molar-refractivity contribution >= 4 is 11.6 Å². The van der Waals surface area contributed by atoms with E-state index in [4.69, 9.17) is 4.52 Å². The third-order valence-electron chi connectivity index (χ3n) is 4.70.